The number of rotatable bonds is 4. The summed E-state index contributed by atoms with van der Waals surface area (Å²) >= 11 is 0. The van der Waals surface area contributed by atoms with E-state index >= 15 is 0 Å². The monoisotopic (exact) mass is 399 g/mol. The summed E-state index contributed by atoms with van der Waals surface area (Å²) in [6.07, 6.45) is 4.94. The number of carbonyl (C=O) groups excluding carboxylic acids is 1. The van der Waals surface area contributed by atoms with Crippen LogP contribution >= 0.6 is 0 Å². The SMILES string of the molecule is C[C@@H]1[C@H](O[Si](C)(C)C(C)(C)C)[C@]23C=C[C@H](C[C@H]2C(=O)N1Cc1ccccc1)O3. The Morgan fingerprint density at radius 1 is 1.25 bits per heavy atom. The first-order chi connectivity index (χ1) is 13.1. The van der Waals surface area contributed by atoms with Gasteiger partial charge in [0.1, 0.15) is 5.60 Å². The molecule has 4 nitrogen and oxygen atoms in total. The standard InChI is InChI=1S/C23H33NO3Si/c1-16-20(27-28(5,6)22(2,3)4)23-13-12-18(26-23)14-19(23)21(25)24(16)15-17-10-8-7-9-11-17/h7-13,16,18-20H,14-15H2,1-6H3/t16-,18-,19+,20+,23+/m1/s1. The molecule has 0 aliphatic carbocycles. The largest absolute Gasteiger partial charge is 0.409 e. The molecule has 1 amide bonds. The summed E-state index contributed by atoms with van der Waals surface area (Å²) < 4.78 is 13.4. The van der Waals surface area contributed by atoms with Crippen molar-refractivity contribution < 1.29 is 14.0 Å². The van der Waals surface area contributed by atoms with Gasteiger partial charge in [-0.3, -0.25) is 4.79 Å². The molecule has 2 saturated heterocycles. The Morgan fingerprint density at radius 3 is 2.54 bits per heavy atom. The second-order valence-corrected chi connectivity index (χ2v) is 14.9. The van der Waals surface area contributed by atoms with Crippen LogP contribution < -0.4 is 0 Å². The lowest BCUT2D eigenvalue weighted by Crippen LogP contribution is -2.68. The molecule has 5 heteroatoms. The molecular formula is C23H33NO3Si. The summed E-state index contributed by atoms with van der Waals surface area (Å²) in [5.74, 6) is 0.0652. The van der Waals surface area contributed by atoms with Gasteiger partial charge in [0.15, 0.2) is 8.32 Å². The summed E-state index contributed by atoms with van der Waals surface area (Å²) in [5, 5.41) is 0.102. The Kier molecular flexibility index (Phi) is 4.64. The molecule has 152 valence electrons. The predicted octanol–water partition coefficient (Wildman–Crippen LogP) is 4.52. The van der Waals surface area contributed by atoms with E-state index in [0.717, 1.165) is 12.0 Å². The van der Waals surface area contributed by atoms with E-state index < -0.39 is 13.9 Å². The van der Waals surface area contributed by atoms with Gasteiger partial charge in [-0.1, -0.05) is 63.3 Å². The second kappa shape index (κ2) is 6.54. The van der Waals surface area contributed by atoms with Crippen molar-refractivity contribution in [2.45, 2.75) is 82.6 Å². The van der Waals surface area contributed by atoms with Crippen LogP contribution in [-0.4, -0.2) is 43.0 Å². The number of nitrogens with zero attached hydrogens (tertiary/aromatic N) is 1. The highest BCUT2D eigenvalue weighted by molar-refractivity contribution is 6.74. The van der Waals surface area contributed by atoms with Crippen molar-refractivity contribution in [1.29, 1.82) is 0 Å². The van der Waals surface area contributed by atoms with Gasteiger partial charge < -0.3 is 14.1 Å². The van der Waals surface area contributed by atoms with Crippen molar-refractivity contribution in [2.24, 2.45) is 5.92 Å². The molecule has 1 spiro atoms. The summed E-state index contributed by atoms with van der Waals surface area (Å²) in [6, 6.07) is 10.2. The number of piperidine rings is 1. The van der Waals surface area contributed by atoms with Gasteiger partial charge in [-0.25, -0.2) is 0 Å². The van der Waals surface area contributed by atoms with Crippen molar-refractivity contribution in [1.82, 2.24) is 4.90 Å². The number of fused-ring (bicyclic) bond motifs is 1. The minimum atomic E-state index is -2.03. The Balaban J connectivity index is 1.70. The molecule has 28 heavy (non-hydrogen) atoms. The number of ether oxygens (including phenoxy) is 1. The number of benzene rings is 1. The van der Waals surface area contributed by atoms with Crippen LogP contribution in [0.25, 0.3) is 0 Å². The number of carbonyl (C=O) groups is 1. The minimum absolute atomic E-state index is 0.0421. The zero-order chi connectivity index (χ0) is 20.3. The maximum Gasteiger partial charge on any atom is 0.229 e. The Bertz CT molecular complexity index is 785. The highest BCUT2D eigenvalue weighted by Gasteiger charge is 2.65. The highest BCUT2D eigenvalue weighted by atomic mass is 28.4. The third kappa shape index (κ3) is 2.99. The number of amides is 1. The molecule has 0 N–H and O–H groups in total. The smallest absolute Gasteiger partial charge is 0.229 e. The lowest BCUT2D eigenvalue weighted by molar-refractivity contribution is -0.170. The van der Waals surface area contributed by atoms with E-state index in [9.17, 15) is 4.79 Å². The molecule has 0 radical (unpaired) electrons. The Morgan fingerprint density at radius 2 is 1.93 bits per heavy atom. The molecule has 3 aliphatic rings. The van der Waals surface area contributed by atoms with Crippen LogP contribution in [0.15, 0.2) is 42.5 Å². The molecule has 0 saturated carbocycles. The van der Waals surface area contributed by atoms with E-state index in [-0.39, 0.29) is 35.1 Å². The molecule has 3 aliphatic heterocycles. The molecule has 5 atom stereocenters. The third-order valence-corrected chi connectivity index (χ3v) is 11.8. The minimum Gasteiger partial charge on any atom is -0.409 e. The van der Waals surface area contributed by atoms with Crippen molar-refractivity contribution in [3.8, 4) is 0 Å². The lowest BCUT2D eigenvalue weighted by atomic mass is 9.72. The van der Waals surface area contributed by atoms with Crippen molar-refractivity contribution in [3.05, 3.63) is 48.0 Å². The fourth-order valence-corrected chi connectivity index (χ4v) is 5.99. The van der Waals surface area contributed by atoms with Crippen LogP contribution in [0.5, 0.6) is 0 Å². The number of hydrogen-bond acceptors (Lipinski definition) is 3. The van der Waals surface area contributed by atoms with Crippen molar-refractivity contribution in [3.63, 3.8) is 0 Å². The fourth-order valence-electron chi connectivity index (χ4n) is 4.62. The molecule has 3 heterocycles. The topological polar surface area (TPSA) is 38.8 Å². The zero-order valence-electron chi connectivity index (χ0n) is 17.9. The van der Waals surface area contributed by atoms with Gasteiger partial charge in [0.05, 0.1) is 24.2 Å². The maximum absolute atomic E-state index is 13.5. The van der Waals surface area contributed by atoms with Crippen LogP contribution in [0.2, 0.25) is 18.1 Å². The van der Waals surface area contributed by atoms with Gasteiger partial charge in [-0.05, 0) is 37.0 Å². The van der Waals surface area contributed by atoms with Gasteiger partial charge in [0.25, 0.3) is 0 Å². The average molecular weight is 400 g/mol. The summed E-state index contributed by atoms with van der Waals surface area (Å²) in [7, 11) is -2.03. The molecular weight excluding hydrogens is 366 g/mol. The van der Waals surface area contributed by atoms with Crippen LogP contribution in [0.4, 0.5) is 0 Å². The first-order valence-electron chi connectivity index (χ1n) is 10.4. The van der Waals surface area contributed by atoms with E-state index in [1.807, 2.05) is 23.1 Å². The van der Waals surface area contributed by atoms with Gasteiger partial charge in [-0.2, -0.15) is 0 Å². The predicted molar refractivity (Wildman–Crippen MR) is 113 cm³/mol. The van der Waals surface area contributed by atoms with Crippen LogP contribution in [0.3, 0.4) is 0 Å². The van der Waals surface area contributed by atoms with Crippen LogP contribution in [0, 0.1) is 5.92 Å². The van der Waals surface area contributed by atoms with E-state index in [4.69, 9.17) is 9.16 Å². The normalized spacial score (nSPS) is 34.8. The maximum atomic E-state index is 13.5. The van der Waals surface area contributed by atoms with E-state index in [2.05, 4.69) is 65.1 Å². The van der Waals surface area contributed by atoms with Crippen LogP contribution in [0.1, 0.15) is 39.7 Å². The lowest BCUT2D eigenvalue weighted by Gasteiger charge is -2.53. The number of likely N-dealkylation sites (tertiary alicyclic amines) is 1. The Labute approximate surface area is 170 Å². The van der Waals surface area contributed by atoms with Crippen LogP contribution in [-0.2, 0) is 20.5 Å². The first-order valence-corrected chi connectivity index (χ1v) is 13.4. The quantitative estimate of drug-likeness (QED) is 0.552. The molecule has 1 aromatic rings. The zero-order valence-corrected chi connectivity index (χ0v) is 18.9. The van der Waals surface area contributed by atoms with E-state index in [1.165, 1.54) is 0 Å². The summed E-state index contributed by atoms with van der Waals surface area (Å²) in [4.78, 5) is 15.5. The molecule has 2 fully saturated rings. The highest BCUT2D eigenvalue weighted by Crippen LogP contribution is 2.53. The molecule has 0 unspecified atom stereocenters. The number of hydrogen-bond donors (Lipinski definition) is 0. The van der Waals surface area contributed by atoms with Crippen molar-refractivity contribution in [2.75, 3.05) is 0 Å². The molecule has 1 aromatic carbocycles. The van der Waals surface area contributed by atoms with Gasteiger partial charge in [-0.15, -0.1) is 0 Å². The summed E-state index contributed by atoms with van der Waals surface area (Å²) in [5.41, 5.74) is 0.563. The Hall–Kier alpha value is -1.43. The molecule has 2 bridgehead atoms. The van der Waals surface area contributed by atoms with Gasteiger partial charge >= 0.3 is 0 Å². The average Bonchev–Trinajstić information content (AvgIpc) is 3.22. The van der Waals surface area contributed by atoms with Gasteiger partial charge in [0, 0.05) is 6.54 Å². The summed E-state index contributed by atoms with van der Waals surface area (Å²) in [6.45, 7) is 14.1. The van der Waals surface area contributed by atoms with E-state index in [1.54, 1.807) is 0 Å². The molecule has 4 rings (SSSR count). The first kappa shape index (κ1) is 19.9. The third-order valence-electron chi connectivity index (χ3n) is 7.32. The second-order valence-electron chi connectivity index (χ2n) is 10.1. The molecule has 0 aromatic heterocycles. The fraction of sp³-hybridized carbons (Fsp3) is 0.609. The van der Waals surface area contributed by atoms with Gasteiger partial charge in [0.2, 0.25) is 5.91 Å². The van der Waals surface area contributed by atoms with E-state index in [0.29, 0.717) is 6.54 Å². The van der Waals surface area contributed by atoms with Crippen molar-refractivity contribution >= 4 is 14.2 Å².